The van der Waals surface area contributed by atoms with Crippen LogP contribution in [0.3, 0.4) is 0 Å². The highest BCUT2D eigenvalue weighted by Gasteiger charge is 2.89. The van der Waals surface area contributed by atoms with E-state index in [0.29, 0.717) is 24.0 Å². The maximum Gasteiger partial charge on any atom is 0.338 e. The number of carboxylic acids is 1. The fourth-order valence-corrected chi connectivity index (χ4v) is 12.5. The second kappa shape index (κ2) is 21.0. The quantitative estimate of drug-likeness (QED) is 0.0621. The number of carbonyl (C=O) groups excluding carboxylic acids is 6. The van der Waals surface area contributed by atoms with E-state index < -0.39 is 99.5 Å². The molecule has 7 rings (SSSR count). The number of ketones is 1. The molecule has 15 heteroatoms. The summed E-state index contributed by atoms with van der Waals surface area (Å²) in [6.07, 6.45) is 0.213. The first-order chi connectivity index (χ1) is 33.3. The summed E-state index contributed by atoms with van der Waals surface area (Å²) in [6.45, 7) is 18.9. The van der Waals surface area contributed by atoms with Gasteiger partial charge >= 0.3 is 29.8 Å². The number of rotatable bonds is 16. The van der Waals surface area contributed by atoms with Crippen molar-refractivity contribution in [3.63, 3.8) is 0 Å². The number of ether oxygens (including phenoxy) is 5. The molecule has 3 N–H and O–H groups in total. The number of aliphatic carboxylic acids is 1. The Labute approximate surface area is 418 Å². The molecule has 15 nitrogen and oxygen atoms in total. The highest BCUT2D eigenvalue weighted by molar-refractivity contribution is 5.98. The Kier molecular flexibility index (Phi) is 16.2. The highest BCUT2D eigenvalue weighted by Crippen LogP contribution is 2.80. The maximum atomic E-state index is 15.7. The molecule has 0 unspecified atom stereocenters. The number of aliphatic hydroxyl groups is 1. The van der Waals surface area contributed by atoms with E-state index in [1.165, 1.54) is 20.3 Å². The number of unbranched alkanes of at least 4 members (excludes halogenated alkanes) is 3. The largest absolute Gasteiger partial charge is 0.481 e. The predicted molar refractivity (Wildman–Crippen MR) is 261 cm³/mol. The molecule has 1 spiro atoms. The van der Waals surface area contributed by atoms with Crippen molar-refractivity contribution in [2.24, 2.45) is 33.5 Å². The smallest absolute Gasteiger partial charge is 0.338 e. The lowest BCUT2D eigenvalue weighted by Gasteiger charge is -2.69. The van der Waals surface area contributed by atoms with E-state index >= 15 is 4.79 Å². The van der Waals surface area contributed by atoms with Gasteiger partial charge in [0.2, 0.25) is 5.91 Å². The Morgan fingerprint density at radius 1 is 0.859 bits per heavy atom. The standard InChI is InChI=1S/C49H61NO12.C7H14O2/c1-11-33(38(30-18-14-12-15-19-30)50-36(53)25-44(5,6)7)42(56)60-34-24-48(57)43(61-41(55)31-20-16-13-17-21-31)46(10)47(23-32(47)22-35-49(46,26-58-35)62-29(4)52)40(54)39(59-28(3)51)37(27(34)2)45(48,8)9;1-2-3-4-5-6-7(8)9/h12-21,32-35,38-39,43,57H,11,22-26H2,1-10H3,(H,50,53);2-6H2,1H3,(H,8,9)/t32-,33-,34+,35-,38+,39-,43+,46+,47+,48-,49+;/m1./s1. The first-order valence-corrected chi connectivity index (χ1v) is 25.2. The molecule has 11 atom stereocenters. The summed E-state index contributed by atoms with van der Waals surface area (Å²) in [5.41, 5.74) is -7.17. The molecule has 3 saturated carbocycles. The molecule has 5 aliphatic rings. The van der Waals surface area contributed by atoms with Crippen LogP contribution >= 0.6 is 0 Å². The van der Waals surface area contributed by atoms with E-state index in [0.717, 1.165) is 19.3 Å². The number of hydrogen-bond acceptors (Lipinski definition) is 13. The second-order valence-corrected chi connectivity index (χ2v) is 22.3. The fraction of sp³-hybridized carbons (Fsp3) is 0.625. The molecule has 2 aromatic carbocycles. The summed E-state index contributed by atoms with van der Waals surface area (Å²) in [5, 5.41) is 25.3. The average molecular weight is 986 g/mol. The molecule has 2 aromatic rings. The molecule has 2 bridgehead atoms. The Bertz CT molecular complexity index is 2370. The first-order valence-electron chi connectivity index (χ1n) is 25.2. The number of carbonyl (C=O) groups is 7. The van der Waals surface area contributed by atoms with Crippen molar-refractivity contribution in [1.29, 1.82) is 0 Å². The minimum atomic E-state index is -2.18. The van der Waals surface area contributed by atoms with Crippen LogP contribution in [0.15, 0.2) is 71.8 Å². The number of benzene rings is 2. The third-order valence-electron chi connectivity index (χ3n) is 16.1. The molecule has 0 radical (unpaired) electrons. The highest BCUT2D eigenvalue weighted by atomic mass is 16.6. The second-order valence-electron chi connectivity index (χ2n) is 22.3. The minimum absolute atomic E-state index is 0.149. The number of carboxylic acid groups (broad SMARTS) is 1. The van der Waals surface area contributed by atoms with Gasteiger partial charge in [-0.25, -0.2) is 4.79 Å². The van der Waals surface area contributed by atoms with Crippen molar-refractivity contribution >= 4 is 41.5 Å². The van der Waals surface area contributed by atoms with Gasteiger partial charge in [-0.15, -0.1) is 0 Å². The molecule has 1 amide bonds. The van der Waals surface area contributed by atoms with Crippen LogP contribution in [-0.2, 0) is 52.5 Å². The topological polar surface area (TPSA) is 218 Å². The van der Waals surface area contributed by atoms with E-state index in [1.54, 1.807) is 58.0 Å². The number of Topliss-reactive ketones (excluding diaryl/α,β-unsaturated/α-hetero) is 1. The molecule has 1 aliphatic heterocycles. The summed E-state index contributed by atoms with van der Waals surface area (Å²) >= 11 is 0. The van der Waals surface area contributed by atoms with Crippen molar-refractivity contribution in [3.05, 3.63) is 82.9 Å². The van der Waals surface area contributed by atoms with E-state index in [4.69, 9.17) is 28.8 Å². The zero-order valence-corrected chi connectivity index (χ0v) is 43.4. The lowest BCUT2D eigenvalue weighted by atomic mass is 9.42. The molecule has 1 heterocycles. The van der Waals surface area contributed by atoms with Gasteiger partial charge in [-0.05, 0) is 72.8 Å². The number of fused-ring (bicyclic) bond motifs is 4. The summed E-state index contributed by atoms with van der Waals surface area (Å²) in [6, 6.07) is 16.6. The molecular formula is C56H75NO14. The van der Waals surface area contributed by atoms with Crippen LogP contribution in [-0.4, -0.2) is 94.0 Å². The third-order valence-corrected chi connectivity index (χ3v) is 16.1. The third kappa shape index (κ3) is 10.2. The van der Waals surface area contributed by atoms with Crippen LogP contribution in [0.1, 0.15) is 162 Å². The van der Waals surface area contributed by atoms with Crippen molar-refractivity contribution in [2.75, 3.05) is 6.61 Å². The summed E-state index contributed by atoms with van der Waals surface area (Å²) in [7, 11) is 0. The molecule has 0 aromatic heterocycles. The first kappa shape index (κ1) is 54.9. The van der Waals surface area contributed by atoms with Crippen LogP contribution in [0, 0.1) is 33.5 Å². The molecule has 388 valence electrons. The Hall–Kier alpha value is -5.41. The van der Waals surface area contributed by atoms with Crippen molar-refractivity contribution in [3.8, 4) is 0 Å². The van der Waals surface area contributed by atoms with Gasteiger partial charge in [-0.1, -0.05) is 123 Å². The molecule has 1 saturated heterocycles. The Morgan fingerprint density at radius 3 is 2.03 bits per heavy atom. The SMILES string of the molecule is CCCCCCC(=O)O.CC[C@@H](C(=O)O[C@H]1C[C@@]2(O)[C@@H](OC(=O)c3ccccc3)[C@]3(C)[C@]4(OC(C)=O)CO[C@@H]4C[C@@H]4C[C@@]43C(=O)[C@H](OC(C)=O)C(=C1C)C2(C)C)[C@@H](NC(=O)CC(C)(C)C)c1ccccc1. The number of amides is 1. The van der Waals surface area contributed by atoms with Crippen LogP contribution in [0.2, 0.25) is 0 Å². The normalized spacial score (nSPS) is 30.8. The lowest BCUT2D eigenvalue weighted by Crippen LogP contribution is -2.82. The maximum absolute atomic E-state index is 15.7. The van der Waals surface area contributed by atoms with Crippen LogP contribution in [0.4, 0.5) is 0 Å². The van der Waals surface area contributed by atoms with Gasteiger partial charge in [-0.3, -0.25) is 28.8 Å². The van der Waals surface area contributed by atoms with Gasteiger partial charge in [0.15, 0.2) is 17.5 Å². The van der Waals surface area contributed by atoms with Crippen LogP contribution < -0.4 is 5.32 Å². The van der Waals surface area contributed by atoms with Crippen molar-refractivity contribution in [1.82, 2.24) is 5.32 Å². The van der Waals surface area contributed by atoms with Crippen LogP contribution in [0.5, 0.6) is 0 Å². The Morgan fingerprint density at radius 2 is 1.49 bits per heavy atom. The van der Waals surface area contributed by atoms with E-state index in [1.807, 2.05) is 58.0 Å². The molecule has 4 aliphatic carbocycles. The zero-order valence-electron chi connectivity index (χ0n) is 43.4. The minimum Gasteiger partial charge on any atom is -0.481 e. The van der Waals surface area contributed by atoms with Crippen molar-refractivity contribution in [2.45, 2.75) is 182 Å². The summed E-state index contributed by atoms with van der Waals surface area (Å²) in [4.78, 5) is 94.7. The number of hydrogen-bond donors (Lipinski definition) is 3. The van der Waals surface area contributed by atoms with E-state index in [2.05, 4.69) is 12.2 Å². The lowest BCUT2D eigenvalue weighted by molar-refractivity contribution is -0.356. The van der Waals surface area contributed by atoms with Crippen LogP contribution in [0.25, 0.3) is 0 Å². The Balaban J connectivity index is 0.000000834. The predicted octanol–water partition coefficient (Wildman–Crippen LogP) is 8.59. The van der Waals surface area contributed by atoms with Gasteiger partial charge < -0.3 is 39.2 Å². The average Bonchev–Trinajstić information content (AvgIpc) is 4.04. The van der Waals surface area contributed by atoms with Gasteiger partial charge in [0.25, 0.3) is 0 Å². The zero-order chi connectivity index (χ0) is 52.5. The summed E-state index contributed by atoms with van der Waals surface area (Å²) < 4.78 is 31.6. The number of nitrogens with one attached hydrogen (secondary N) is 1. The molecular weight excluding hydrogens is 911 g/mol. The van der Waals surface area contributed by atoms with E-state index in [-0.39, 0.29) is 60.7 Å². The van der Waals surface area contributed by atoms with Gasteiger partial charge in [0.05, 0.1) is 29.5 Å². The monoisotopic (exact) mass is 986 g/mol. The van der Waals surface area contributed by atoms with Crippen molar-refractivity contribution < 1.29 is 67.5 Å². The molecule has 71 heavy (non-hydrogen) atoms. The van der Waals surface area contributed by atoms with Gasteiger partial charge in [-0.2, -0.15) is 0 Å². The van der Waals surface area contributed by atoms with Gasteiger partial charge in [0.1, 0.15) is 23.9 Å². The molecule has 4 fully saturated rings. The van der Waals surface area contributed by atoms with E-state index in [9.17, 15) is 33.9 Å². The number of esters is 4. The van der Waals surface area contributed by atoms with Gasteiger partial charge in [0, 0.05) is 43.9 Å². The fourth-order valence-electron chi connectivity index (χ4n) is 12.5. The summed E-state index contributed by atoms with van der Waals surface area (Å²) in [5.74, 6) is -5.54.